The zero-order valence-corrected chi connectivity index (χ0v) is 10.6. The first-order valence-corrected chi connectivity index (χ1v) is 5.98. The topological polar surface area (TPSA) is 84.1 Å². The summed E-state index contributed by atoms with van der Waals surface area (Å²) in [6.45, 7) is 1.42. The molecule has 6 nitrogen and oxygen atoms in total. The number of H-pyrrole nitrogens is 1. The molecule has 0 atom stereocenters. The quantitative estimate of drug-likeness (QED) is 0.830. The lowest BCUT2D eigenvalue weighted by Gasteiger charge is -1.93. The summed E-state index contributed by atoms with van der Waals surface area (Å²) >= 11 is 1.32. The first kappa shape index (κ1) is 12.3. The maximum Gasteiger partial charge on any atom is 0.354 e. The Morgan fingerprint density at radius 1 is 1.50 bits per heavy atom. The molecule has 1 amide bonds. The molecule has 2 aromatic heterocycles. The fourth-order valence-electron chi connectivity index (χ4n) is 1.38. The molecule has 0 aliphatic heterocycles. The van der Waals surface area contributed by atoms with Crippen molar-refractivity contribution in [3.8, 4) is 11.3 Å². The molecule has 0 aliphatic carbocycles. The van der Waals surface area contributed by atoms with Crippen LogP contribution in [0.15, 0.2) is 17.6 Å². The van der Waals surface area contributed by atoms with Crippen LogP contribution >= 0.6 is 11.3 Å². The number of nitrogens with one attached hydrogen (secondary N) is 2. The normalized spacial score (nSPS) is 10.1. The van der Waals surface area contributed by atoms with Gasteiger partial charge in [-0.3, -0.25) is 4.79 Å². The summed E-state index contributed by atoms with van der Waals surface area (Å²) in [6, 6.07) is 1.65. The monoisotopic (exact) mass is 265 g/mol. The first-order chi connectivity index (χ1) is 8.60. The van der Waals surface area contributed by atoms with E-state index < -0.39 is 5.97 Å². The number of nitrogens with zero attached hydrogens (tertiary/aromatic N) is 1. The van der Waals surface area contributed by atoms with E-state index in [1.807, 2.05) is 0 Å². The summed E-state index contributed by atoms with van der Waals surface area (Å²) in [6.07, 6.45) is 1.67. The number of aromatic amines is 1. The van der Waals surface area contributed by atoms with Crippen LogP contribution in [-0.2, 0) is 9.53 Å². The summed E-state index contributed by atoms with van der Waals surface area (Å²) in [7, 11) is 1.32. The van der Waals surface area contributed by atoms with E-state index in [0.29, 0.717) is 16.5 Å². The Balaban J connectivity index is 2.21. The number of hydrogen-bond donors (Lipinski definition) is 2. The molecule has 2 aromatic rings. The van der Waals surface area contributed by atoms with Gasteiger partial charge in [-0.15, -0.1) is 11.3 Å². The Morgan fingerprint density at radius 2 is 2.28 bits per heavy atom. The van der Waals surface area contributed by atoms with Crippen LogP contribution in [0.5, 0.6) is 0 Å². The maximum absolute atomic E-state index is 11.3. The highest BCUT2D eigenvalue weighted by Crippen LogP contribution is 2.25. The molecule has 0 aliphatic rings. The fourth-order valence-corrected chi connectivity index (χ4v) is 2.15. The van der Waals surface area contributed by atoms with Gasteiger partial charge >= 0.3 is 5.97 Å². The smallest absolute Gasteiger partial charge is 0.354 e. The Kier molecular flexibility index (Phi) is 3.42. The molecule has 0 bridgehead atoms. The zero-order valence-electron chi connectivity index (χ0n) is 9.81. The van der Waals surface area contributed by atoms with Crippen LogP contribution in [0.1, 0.15) is 17.4 Å². The minimum atomic E-state index is -0.432. The lowest BCUT2D eigenvalue weighted by molar-refractivity contribution is -0.114. The number of ether oxygens (including phenoxy) is 1. The lowest BCUT2D eigenvalue weighted by Crippen LogP contribution is -2.04. The number of hydrogen-bond acceptors (Lipinski definition) is 5. The Bertz CT molecular complexity index is 588. The van der Waals surface area contributed by atoms with Crippen molar-refractivity contribution < 1.29 is 14.3 Å². The van der Waals surface area contributed by atoms with Crippen molar-refractivity contribution in [3.05, 3.63) is 23.3 Å². The highest BCUT2D eigenvalue weighted by atomic mass is 32.1. The van der Waals surface area contributed by atoms with E-state index in [1.165, 1.54) is 25.4 Å². The van der Waals surface area contributed by atoms with Crippen molar-refractivity contribution in [2.45, 2.75) is 6.92 Å². The van der Waals surface area contributed by atoms with Gasteiger partial charge in [0, 0.05) is 24.1 Å². The van der Waals surface area contributed by atoms with Crippen LogP contribution in [0, 0.1) is 0 Å². The van der Waals surface area contributed by atoms with Gasteiger partial charge in [-0.2, -0.15) is 0 Å². The van der Waals surface area contributed by atoms with Gasteiger partial charge in [0.2, 0.25) is 5.91 Å². The second kappa shape index (κ2) is 5.01. The molecule has 94 valence electrons. The molecule has 7 heteroatoms. The van der Waals surface area contributed by atoms with Crippen molar-refractivity contribution >= 4 is 28.3 Å². The second-order valence-corrected chi connectivity index (χ2v) is 4.37. The van der Waals surface area contributed by atoms with E-state index in [4.69, 9.17) is 0 Å². The van der Waals surface area contributed by atoms with Crippen LogP contribution in [0.3, 0.4) is 0 Å². The van der Waals surface area contributed by atoms with E-state index >= 15 is 0 Å². The van der Waals surface area contributed by atoms with Gasteiger partial charge < -0.3 is 15.0 Å². The Labute approximate surface area is 107 Å². The molecule has 0 saturated heterocycles. The van der Waals surface area contributed by atoms with Gasteiger partial charge in [0.25, 0.3) is 0 Å². The molecule has 0 spiro atoms. The maximum atomic E-state index is 11.3. The number of thiazole rings is 1. The number of methoxy groups -OCH3 is 1. The van der Waals surface area contributed by atoms with E-state index in [2.05, 4.69) is 20.0 Å². The lowest BCUT2D eigenvalue weighted by atomic mass is 10.2. The number of esters is 1. The average molecular weight is 265 g/mol. The van der Waals surface area contributed by atoms with Gasteiger partial charge in [-0.1, -0.05) is 0 Å². The minimum absolute atomic E-state index is 0.166. The highest BCUT2D eigenvalue weighted by molar-refractivity contribution is 7.14. The third kappa shape index (κ3) is 2.57. The van der Waals surface area contributed by atoms with Crippen LogP contribution in [0.4, 0.5) is 5.13 Å². The molecule has 0 fully saturated rings. The predicted molar refractivity (Wildman–Crippen MR) is 67.5 cm³/mol. The summed E-state index contributed by atoms with van der Waals surface area (Å²) in [5.41, 5.74) is 1.82. The molecule has 0 unspecified atom stereocenters. The first-order valence-electron chi connectivity index (χ1n) is 5.10. The summed E-state index contributed by atoms with van der Waals surface area (Å²) < 4.78 is 4.60. The zero-order chi connectivity index (χ0) is 13.1. The average Bonchev–Trinajstić information content (AvgIpc) is 2.95. The number of anilines is 1. The van der Waals surface area contributed by atoms with E-state index in [9.17, 15) is 9.59 Å². The van der Waals surface area contributed by atoms with Crippen LogP contribution in [0.25, 0.3) is 11.3 Å². The molecule has 0 saturated carbocycles. The van der Waals surface area contributed by atoms with E-state index in [-0.39, 0.29) is 5.91 Å². The van der Waals surface area contributed by atoms with Crippen molar-refractivity contribution in [1.82, 2.24) is 9.97 Å². The number of carbonyl (C=O) groups is 2. The third-order valence-electron chi connectivity index (χ3n) is 2.17. The van der Waals surface area contributed by atoms with Crippen molar-refractivity contribution in [3.63, 3.8) is 0 Å². The molecule has 0 aromatic carbocycles. The molecule has 2 heterocycles. The van der Waals surface area contributed by atoms with Crippen molar-refractivity contribution in [1.29, 1.82) is 0 Å². The largest absolute Gasteiger partial charge is 0.464 e. The SMILES string of the molecule is COC(=O)c1cc(-c2csc(NC(C)=O)n2)c[nH]1. The molecule has 2 N–H and O–H groups in total. The van der Waals surface area contributed by atoms with Gasteiger partial charge in [0.15, 0.2) is 5.13 Å². The van der Waals surface area contributed by atoms with Crippen LogP contribution in [-0.4, -0.2) is 29.0 Å². The van der Waals surface area contributed by atoms with Crippen LogP contribution < -0.4 is 5.32 Å². The standard InChI is InChI=1S/C11H11N3O3S/c1-6(15)13-11-14-9(5-18-11)7-3-8(12-4-7)10(16)17-2/h3-5,12H,1-2H3,(H,13,14,15). The molecule has 2 rings (SSSR count). The fraction of sp³-hybridized carbons (Fsp3) is 0.182. The summed E-state index contributed by atoms with van der Waals surface area (Å²) in [4.78, 5) is 29.2. The minimum Gasteiger partial charge on any atom is -0.464 e. The number of rotatable bonds is 3. The Morgan fingerprint density at radius 3 is 2.94 bits per heavy atom. The summed E-state index contributed by atoms with van der Waals surface area (Å²) in [5, 5.41) is 4.93. The Hall–Kier alpha value is -2.15. The molecule has 0 radical (unpaired) electrons. The van der Waals surface area contributed by atoms with Gasteiger partial charge in [-0.05, 0) is 6.07 Å². The molecule has 18 heavy (non-hydrogen) atoms. The molecular formula is C11H11N3O3S. The van der Waals surface area contributed by atoms with Crippen molar-refractivity contribution in [2.24, 2.45) is 0 Å². The van der Waals surface area contributed by atoms with Crippen LogP contribution in [0.2, 0.25) is 0 Å². The second-order valence-electron chi connectivity index (χ2n) is 3.51. The summed E-state index contributed by atoms with van der Waals surface area (Å²) in [5.74, 6) is -0.598. The highest BCUT2D eigenvalue weighted by Gasteiger charge is 2.11. The van der Waals surface area contributed by atoms with E-state index in [0.717, 1.165) is 5.56 Å². The van der Waals surface area contributed by atoms with Gasteiger partial charge in [0.1, 0.15) is 5.69 Å². The third-order valence-corrected chi connectivity index (χ3v) is 2.93. The van der Waals surface area contributed by atoms with Crippen molar-refractivity contribution in [2.75, 3.05) is 12.4 Å². The number of aromatic nitrogens is 2. The van der Waals surface area contributed by atoms with Gasteiger partial charge in [0.05, 0.1) is 12.8 Å². The predicted octanol–water partition coefficient (Wildman–Crippen LogP) is 1.88. The number of carbonyl (C=O) groups excluding carboxylic acids is 2. The molecular weight excluding hydrogens is 254 g/mol. The van der Waals surface area contributed by atoms with E-state index in [1.54, 1.807) is 17.6 Å². The number of amides is 1. The van der Waals surface area contributed by atoms with Gasteiger partial charge in [-0.25, -0.2) is 9.78 Å².